The van der Waals surface area contributed by atoms with Gasteiger partial charge in [0.1, 0.15) is 12.1 Å². The Hall–Kier alpha value is -3.29. The molecule has 34 heavy (non-hydrogen) atoms. The Morgan fingerprint density at radius 2 is 1.59 bits per heavy atom. The number of esters is 1. The van der Waals surface area contributed by atoms with E-state index in [-0.39, 0.29) is 17.4 Å². The predicted octanol–water partition coefficient (Wildman–Crippen LogP) is 4.98. The van der Waals surface area contributed by atoms with E-state index in [1.807, 2.05) is 24.3 Å². The van der Waals surface area contributed by atoms with E-state index < -0.39 is 29.8 Å². The van der Waals surface area contributed by atoms with Crippen LogP contribution in [0.3, 0.4) is 0 Å². The molecular weight excluding hydrogens is 479 g/mol. The maximum absolute atomic E-state index is 12.8. The highest BCUT2D eigenvalue weighted by molar-refractivity contribution is 6.31. The fraction of sp³-hybridized carbons (Fsp3) is 0.240. The number of pyridine rings is 1. The lowest BCUT2D eigenvalue weighted by atomic mass is 9.87. The summed E-state index contributed by atoms with van der Waals surface area (Å²) in [5, 5.41) is 13.7. The first-order valence-corrected chi connectivity index (χ1v) is 11.2. The molecule has 0 radical (unpaired) electrons. The molecule has 0 unspecified atom stereocenters. The summed E-state index contributed by atoms with van der Waals surface area (Å²) in [5.41, 5.74) is 1.43. The molecule has 9 heteroatoms. The molecule has 3 aromatic rings. The van der Waals surface area contributed by atoms with Gasteiger partial charge in [0.05, 0.1) is 7.11 Å². The summed E-state index contributed by atoms with van der Waals surface area (Å²) >= 11 is 12.4. The largest absolute Gasteiger partial charge is 0.503 e. The monoisotopic (exact) mass is 502 g/mol. The van der Waals surface area contributed by atoms with Gasteiger partial charge in [0.25, 0.3) is 5.91 Å². The molecule has 1 amide bonds. The van der Waals surface area contributed by atoms with Gasteiger partial charge in [-0.15, -0.1) is 0 Å². The van der Waals surface area contributed by atoms with Crippen molar-refractivity contribution in [1.29, 1.82) is 0 Å². The lowest BCUT2D eigenvalue weighted by molar-refractivity contribution is -0.150. The summed E-state index contributed by atoms with van der Waals surface area (Å²) in [7, 11) is 1.36. The molecular formula is C25H24Cl2N2O5. The van der Waals surface area contributed by atoms with Gasteiger partial charge in [-0.1, -0.05) is 47.5 Å². The van der Waals surface area contributed by atoms with Gasteiger partial charge >= 0.3 is 5.97 Å². The van der Waals surface area contributed by atoms with Crippen LogP contribution in [0.2, 0.25) is 10.0 Å². The number of carbonyl (C=O) groups is 2. The van der Waals surface area contributed by atoms with Crippen LogP contribution >= 0.6 is 23.2 Å². The van der Waals surface area contributed by atoms with Crippen LogP contribution in [0.15, 0.2) is 60.8 Å². The minimum atomic E-state index is -1.01. The number of benzene rings is 2. The summed E-state index contributed by atoms with van der Waals surface area (Å²) in [6.45, 7) is 3.24. The topological polar surface area (TPSA) is 97.8 Å². The third kappa shape index (κ3) is 5.98. The number of amides is 1. The fourth-order valence-electron chi connectivity index (χ4n) is 3.58. The van der Waals surface area contributed by atoms with Crippen molar-refractivity contribution in [3.8, 4) is 11.5 Å². The number of nitrogens with one attached hydrogen (secondary N) is 1. The Balaban J connectivity index is 1.78. The van der Waals surface area contributed by atoms with Crippen LogP contribution in [0, 0.1) is 0 Å². The summed E-state index contributed by atoms with van der Waals surface area (Å²) in [6.07, 6.45) is 0.700. The number of aromatic hydroxyl groups is 1. The zero-order chi connectivity index (χ0) is 24.8. The average Bonchev–Trinajstić information content (AvgIpc) is 2.79. The van der Waals surface area contributed by atoms with Crippen LogP contribution in [0.4, 0.5) is 0 Å². The van der Waals surface area contributed by atoms with Crippen molar-refractivity contribution in [3.63, 3.8) is 0 Å². The molecule has 7 nitrogen and oxygen atoms in total. The molecule has 0 saturated carbocycles. The third-order valence-electron chi connectivity index (χ3n) is 5.21. The van der Waals surface area contributed by atoms with E-state index in [4.69, 9.17) is 32.7 Å². The predicted molar refractivity (Wildman–Crippen MR) is 130 cm³/mol. The van der Waals surface area contributed by atoms with Crippen molar-refractivity contribution in [2.45, 2.75) is 31.9 Å². The van der Waals surface area contributed by atoms with Crippen LogP contribution in [-0.4, -0.2) is 41.2 Å². The third-order valence-corrected chi connectivity index (χ3v) is 5.68. The maximum atomic E-state index is 12.8. The molecule has 0 bridgehead atoms. The van der Waals surface area contributed by atoms with E-state index in [2.05, 4.69) is 10.3 Å². The van der Waals surface area contributed by atoms with Crippen LogP contribution in [0.5, 0.6) is 11.5 Å². The minimum Gasteiger partial charge on any atom is -0.503 e. The van der Waals surface area contributed by atoms with Gasteiger partial charge in [0.2, 0.25) is 0 Å². The van der Waals surface area contributed by atoms with Crippen molar-refractivity contribution in [3.05, 3.63) is 87.7 Å². The number of hydrogen-bond donors (Lipinski definition) is 2. The highest BCUT2D eigenvalue weighted by Crippen LogP contribution is 2.33. The van der Waals surface area contributed by atoms with Gasteiger partial charge in [-0.25, -0.2) is 9.78 Å². The highest BCUT2D eigenvalue weighted by Gasteiger charge is 2.28. The van der Waals surface area contributed by atoms with Crippen molar-refractivity contribution in [2.24, 2.45) is 0 Å². The Kier molecular flexibility index (Phi) is 8.36. The van der Waals surface area contributed by atoms with E-state index in [1.54, 1.807) is 31.2 Å². The Morgan fingerprint density at radius 1 is 1.00 bits per heavy atom. The molecule has 0 spiro atoms. The van der Waals surface area contributed by atoms with Crippen molar-refractivity contribution in [1.82, 2.24) is 10.3 Å². The van der Waals surface area contributed by atoms with Gasteiger partial charge in [0, 0.05) is 28.2 Å². The van der Waals surface area contributed by atoms with Gasteiger partial charge in [-0.2, -0.15) is 0 Å². The smallest absolute Gasteiger partial charge is 0.328 e. The molecule has 178 valence electrons. The molecule has 0 saturated heterocycles. The van der Waals surface area contributed by atoms with Crippen LogP contribution in [0.25, 0.3) is 0 Å². The summed E-state index contributed by atoms with van der Waals surface area (Å²) in [6, 6.07) is 15.0. The van der Waals surface area contributed by atoms with Crippen molar-refractivity contribution >= 4 is 35.1 Å². The van der Waals surface area contributed by atoms with Crippen molar-refractivity contribution in [2.75, 3.05) is 7.11 Å². The van der Waals surface area contributed by atoms with E-state index in [1.165, 1.54) is 26.3 Å². The summed E-state index contributed by atoms with van der Waals surface area (Å²) < 4.78 is 10.7. The van der Waals surface area contributed by atoms with E-state index in [9.17, 15) is 14.7 Å². The molecule has 0 aliphatic rings. The summed E-state index contributed by atoms with van der Waals surface area (Å²) in [5.74, 6) is -2.08. The molecule has 3 rings (SSSR count). The molecule has 2 aromatic carbocycles. The van der Waals surface area contributed by atoms with Crippen LogP contribution < -0.4 is 10.1 Å². The van der Waals surface area contributed by atoms with Gasteiger partial charge in [-0.3, -0.25) is 4.79 Å². The number of hydrogen-bond acceptors (Lipinski definition) is 6. The Bertz CT molecular complexity index is 1140. The number of aromatic nitrogens is 1. The second kappa shape index (κ2) is 11.2. The van der Waals surface area contributed by atoms with E-state index >= 15 is 0 Å². The average molecular weight is 503 g/mol. The lowest BCUT2D eigenvalue weighted by Crippen LogP contribution is -2.41. The lowest BCUT2D eigenvalue weighted by Gasteiger charge is -2.27. The number of rotatable bonds is 8. The minimum absolute atomic E-state index is 0.0925. The normalized spacial score (nSPS) is 12.6. The molecule has 1 heterocycles. The molecule has 2 N–H and O–H groups in total. The molecule has 0 aliphatic carbocycles. The van der Waals surface area contributed by atoms with Crippen LogP contribution in [0.1, 0.15) is 41.4 Å². The van der Waals surface area contributed by atoms with Crippen LogP contribution in [-0.2, 0) is 9.53 Å². The number of nitrogens with zero attached hydrogens (tertiary/aromatic N) is 1. The first-order chi connectivity index (χ1) is 16.2. The number of methoxy groups -OCH3 is 1. The molecule has 0 aliphatic heterocycles. The molecule has 0 fully saturated rings. The quantitative estimate of drug-likeness (QED) is 0.421. The number of ether oxygens (including phenoxy) is 2. The maximum Gasteiger partial charge on any atom is 0.328 e. The standard InChI is InChI=1S/C25H24Cl2N2O5/c1-14(29-24(31)22-23(30)20(33-3)10-11-28-22)25(32)34-15(2)21(16-6-4-8-18(26)12-16)17-7-5-9-19(27)13-17/h4-15,21,30H,1-3H3,(H,29,31)/t14-,15-/m0/s1. The van der Waals surface area contributed by atoms with Gasteiger partial charge in [-0.05, 0) is 49.2 Å². The zero-order valence-corrected chi connectivity index (χ0v) is 20.3. The Morgan fingerprint density at radius 3 is 2.12 bits per heavy atom. The number of carbonyl (C=O) groups excluding carboxylic acids is 2. The van der Waals surface area contributed by atoms with E-state index in [0.717, 1.165) is 11.1 Å². The van der Waals surface area contributed by atoms with Gasteiger partial charge < -0.3 is 19.9 Å². The second-order valence-corrected chi connectivity index (χ2v) is 8.51. The first kappa shape index (κ1) is 25.3. The summed E-state index contributed by atoms with van der Waals surface area (Å²) in [4.78, 5) is 29.3. The first-order valence-electron chi connectivity index (χ1n) is 10.5. The van der Waals surface area contributed by atoms with Crippen molar-refractivity contribution < 1.29 is 24.2 Å². The fourth-order valence-corrected chi connectivity index (χ4v) is 3.98. The number of halogens is 2. The SMILES string of the molecule is COc1ccnc(C(=O)N[C@@H](C)C(=O)O[C@@H](C)C(c2cccc(Cl)c2)c2cccc(Cl)c2)c1O. The molecule has 1 aromatic heterocycles. The highest BCUT2D eigenvalue weighted by atomic mass is 35.5. The zero-order valence-electron chi connectivity index (χ0n) is 18.8. The second-order valence-electron chi connectivity index (χ2n) is 7.64. The van der Waals surface area contributed by atoms with Gasteiger partial charge in [0.15, 0.2) is 17.2 Å². The Labute approximate surface area is 207 Å². The van der Waals surface area contributed by atoms with E-state index in [0.29, 0.717) is 10.0 Å². The molecule has 2 atom stereocenters.